The summed E-state index contributed by atoms with van der Waals surface area (Å²) in [7, 11) is 0. The van der Waals surface area contributed by atoms with Crippen molar-refractivity contribution in [3.05, 3.63) is 33.4 Å². The van der Waals surface area contributed by atoms with E-state index in [0.717, 1.165) is 6.54 Å². The highest BCUT2D eigenvalue weighted by molar-refractivity contribution is 14.1. The summed E-state index contributed by atoms with van der Waals surface area (Å²) in [6.07, 6.45) is 3.74. The van der Waals surface area contributed by atoms with E-state index in [1.54, 1.807) is 0 Å². The Balaban J connectivity index is 2.81. The predicted molar refractivity (Wildman–Crippen MR) is 84.3 cm³/mol. The van der Waals surface area contributed by atoms with Crippen LogP contribution in [0.4, 0.5) is 0 Å². The molecule has 0 spiro atoms. The van der Waals surface area contributed by atoms with Gasteiger partial charge in [-0.15, -0.1) is 0 Å². The summed E-state index contributed by atoms with van der Waals surface area (Å²) in [4.78, 5) is 0. The molecule has 1 aromatic rings. The van der Waals surface area contributed by atoms with E-state index in [0.29, 0.717) is 12.0 Å². The summed E-state index contributed by atoms with van der Waals surface area (Å²) in [5.41, 5.74) is 1.44. The number of hydrogen-bond donors (Lipinski definition) is 1. The van der Waals surface area contributed by atoms with Gasteiger partial charge in [0, 0.05) is 9.61 Å². The molecule has 1 nitrogen and oxygen atoms in total. The highest BCUT2D eigenvalue weighted by Crippen LogP contribution is 2.26. The fourth-order valence-corrected chi connectivity index (χ4v) is 2.84. The lowest BCUT2D eigenvalue weighted by Gasteiger charge is -2.25. The van der Waals surface area contributed by atoms with Crippen LogP contribution in [0.3, 0.4) is 0 Å². The Bertz CT molecular complexity index is 324. The lowest BCUT2D eigenvalue weighted by atomic mass is 9.91. The highest BCUT2D eigenvalue weighted by atomic mass is 127. The average Bonchev–Trinajstić information content (AvgIpc) is 2.30. The molecule has 1 rings (SSSR count). The summed E-state index contributed by atoms with van der Waals surface area (Å²) in [5.74, 6) is 0.699. The van der Waals surface area contributed by atoms with Gasteiger partial charge in [-0.3, -0.25) is 0 Å². The van der Waals surface area contributed by atoms with Crippen molar-refractivity contribution in [2.45, 2.75) is 46.1 Å². The molecule has 0 saturated carbocycles. The van der Waals surface area contributed by atoms with E-state index in [1.165, 1.54) is 28.4 Å². The molecule has 0 fully saturated rings. The van der Waals surface area contributed by atoms with Crippen LogP contribution in [0.15, 0.2) is 24.3 Å². The second-order valence-electron chi connectivity index (χ2n) is 4.75. The molecule has 0 amide bonds. The number of nitrogens with one attached hydrogen (secondary N) is 1. The second-order valence-corrected chi connectivity index (χ2v) is 6.00. The minimum atomic E-state index is 0.504. The van der Waals surface area contributed by atoms with Crippen molar-refractivity contribution in [3.63, 3.8) is 0 Å². The molecule has 0 saturated heterocycles. The van der Waals surface area contributed by atoms with E-state index in [9.17, 15) is 0 Å². The Morgan fingerprint density at radius 1 is 1.24 bits per heavy atom. The Morgan fingerprint density at radius 2 is 2.00 bits per heavy atom. The van der Waals surface area contributed by atoms with Gasteiger partial charge < -0.3 is 5.32 Å². The van der Waals surface area contributed by atoms with E-state index in [4.69, 9.17) is 0 Å². The van der Waals surface area contributed by atoms with Gasteiger partial charge in [0.25, 0.3) is 0 Å². The van der Waals surface area contributed by atoms with Gasteiger partial charge in [0.15, 0.2) is 0 Å². The Labute approximate surface area is 120 Å². The first-order valence-electron chi connectivity index (χ1n) is 6.67. The lowest BCUT2D eigenvalue weighted by molar-refractivity contribution is 0.363. The number of hydrogen-bond acceptors (Lipinski definition) is 1. The van der Waals surface area contributed by atoms with E-state index in [-0.39, 0.29) is 0 Å². The largest absolute Gasteiger partial charge is 0.310 e. The van der Waals surface area contributed by atoms with Crippen molar-refractivity contribution in [1.29, 1.82) is 0 Å². The maximum atomic E-state index is 3.69. The first kappa shape index (κ1) is 15.0. The molecule has 96 valence electrons. The Morgan fingerprint density at radius 3 is 2.59 bits per heavy atom. The highest BCUT2D eigenvalue weighted by Gasteiger charge is 2.17. The maximum absolute atomic E-state index is 3.69. The summed E-state index contributed by atoms with van der Waals surface area (Å²) < 4.78 is 1.33. The maximum Gasteiger partial charge on any atom is 0.0346 e. The summed E-state index contributed by atoms with van der Waals surface area (Å²) in [6.45, 7) is 7.95. The van der Waals surface area contributed by atoms with Crippen molar-refractivity contribution >= 4 is 22.6 Å². The van der Waals surface area contributed by atoms with Gasteiger partial charge in [0.2, 0.25) is 0 Å². The predicted octanol–water partition coefficient (Wildman–Crippen LogP) is 4.77. The van der Waals surface area contributed by atoms with Gasteiger partial charge in [0.05, 0.1) is 0 Å². The molecule has 2 heteroatoms. The quantitative estimate of drug-likeness (QED) is 0.702. The third-order valence-electron chi connectivity index (χ3n) is 3.14. The van der Waals surface area contributed by atoms with Crippen LogP contribution < -0.4 is 5.32 Å². The van der Waals surface area contributed by atoms with Crippen LogP contribution in [-0.4, -0.2) is 6.54 Å². The normalized spacial score (nSPS) is 14.6. The molecule has 0 aliphatic heterocycles. The Kier molecular flexibility index (Phi) is 7.12. The van der Waals surface area contributed by atoms with Gasteiger partial charge in [-0.1, -0.05) is 39.3 Å². The third kappa shape index (κ3) is 4.96. The molecule has 17 heavy (non-hydrogen) atoms. The van der Waals surface area contributed by atoms with Crippen LogP contribution in [0.25, 0.3) is 0 Å². The summed E-state index contributed by atoms with van der Waals surface area (Å²) in [5, 5.41) is 3.69. The number of rotatable bonds is 7. The molecule has 0 aliphatic carbocycles. The van der Waals surface area contributed by atoms with Crippen LogP contribution in [0.5, 0.6) is 0 Å². The molecule has 0 radical (unpaired) electrons. The SMILES string of the molecule is CCCNC(c1cccc(I)c1)C(C)CCC. The van der Waals surface area contributed by atoms with Gasteiger partial charge in [-0.25, -0.2) is 0 Å². The van der Waals surface area contributed by atoms with E-state index in [2.05, 4.69) is 72.9 Å². The topological polar surface area (TPSA) is 12.0 Å². The third-order valence-corrected chi connectivity index (χ3v) is 3.81. The van der Waals surface area contributed by atoms with Crippen LogP contribution in [0, 0.1) is 9.49 Å². The number of halogens is 1. The number of benzene rings is 1. The van der Waals surface area contributed by atoms with Crippen molar-refractivity contribution in [3.8, 4) is 0 Å². The second kappa shape index (κ2) is 8.09. The zero-order valence-corrected chi connectivity index (χ0v) is 13.3. The Hall–Kier alpha value is -0.0900. The molecule has 0 bridgehead atoms. The molecule has 1 N–H and O–H groups in total. The van der Waals surface area contributed by atoms with Crippen LogP contribution in [0.2, 0.25) is 0 Å². The molecule has 2 atom stereocenters. The van der Waals surface area contributed by atoms with Crippen LogP contribution >= 0.6 is 22.6 Å². The fraction of sp³-hybridized carbons (Fsp3) is 0.600. The van der Waals surface area contributed by atoms with Crippen molar-refractivity contribution < 1.29 is 0 Å². The first-order valence-corrected chi connectivity index (χ1v) is 7.75. The average molecular weight is 345 g/mol. The zero-order chi connectivity index (χ0) is 12.7. The van der Waals surface area contributed by atoms with Gasteiger partial charge in [0.1, 0.15) is 0 Å². The van der Waals surface area contributed by atoms with Crippen LogP contribution in [-0.2, 0) is 0 Å². The van der Waals surface area contributed by atoms with Crippen molar-refractivity contribution in [2.24, 2.45) is 5.92 Å². The van der Waals surface area contributed by atoms with E-state index >= 15 is 0 Å². The van der Waals surface area contributed by atoms with Gasteiger partial charge >= 0.3 is 0 Å². The molecular weight excluding hydrogens is 321 g/mol. The first-order chi connectivity index (χ1) is 8.19. The monoisotopic (exact) mass is 345 g/mol. The smallest absolute Gasteiger partial charge is 0.0346 e. The summed E-state index contributed by atoms with van der Waals surface area (Å²) >= 11 is 2.39. The molecule has 2 unspecified atom stereocenters. The molecule has 0 heterocycles. The van der Waals surface area contributed by atoms with Gasteiger partial charge in [-0.2, -0.15) is 0 Å². The molecule has 0 aliphatic rings. The zero-order valence-electron chi connectivity index (χ0n) is 11.2. The standard InChI is InChI=1S/C15H24IN/c1-4-7-12(3)15(17-10-5-2)13-8-6-9-14(16)11-13/h6,8-9,11-12,15,17H,4-5,7,10H2,1-3H3. The van der Waals surface area contributed by atoms with E-state index < -0.39 is 0 Å². The van der Waals surface area contributed by atoms with Crippen LogP contribution in [0.1, 0.15) is 51.6 Å². The van der Waals surface area contributed by atoms with Gasteiger partial charge in [-0.05, 0) is 65.6 Å². The fourth-order valence-electron chi connectivity index (χ4n) is 2.27. The molecule has 0 aromatic heterocycles. The van der Waals surface area contributed by atoms with E-state index in [1.807, 2.05) is 0 Å². The molecule has 1 aromatic carbocycles. The molecular formula is C15H24IN. The lowest BCUT2D eigenvalue weighted by Crippen LogP contribution is -2.27. The minimum absolute atomic E-state index is 0.504. The summed E-state index contributed by atoms with van der Waals surface area (Å²) in [6, 6.07) is 9.38. The van der Waals surface area contributed by atoms with Crippen molar-refractivity contribution in [2.75, 3.05) is 6.54 Å². The minimum Gasteiger partial charge on any atom is -0.310 e. The van der Waals surface area contributed by atoms with Crippen molar-refractivity contribution in [1.82, 2.24) is 5.32 Å².